The van der Waals surface area contributed by atoms with Gasteiger partial charge in [-0.2, -0.15) is 0 Å². The highest BCUT2D eigenvalue weighted by atomic mass is 79.9. The number of ether oxygens (including phenoxy) is 1. The molecule has 0 spiro atoms. The summed E-state index contributed by atoms with van der Waals surface area (Å²) in [4.78, 5) is 3.23. The molecule has 1 heterocycles. The highest BCUT2D eigenvalue weighted by Crippen LogP contribution is 2.34. The van der Waals surface area contributed by atoms with Crippen molar-refractivity contribution in [3.8, 4) is 11.5 Å². The smallest absolute Gasteiger partial charge is 0.172 e. The molecule has 0 aromatic heterocycles. The molecule has 5 heteroatoms. The van der Waals surface area contributed by atoms with Gasteiger partial charge in [-0.1, -0.05) is 36.4 Å². The van der Waals surface area contributed by atoms with Gasteiger partial charge in [0.15, 0.2) is 11.5 Å². The second-order valence-corrected chi connectivity index (χ2v) is 7.68. The largest absolute Gasteiger partial charge is 0.503 e. The van der Waals surface area contributed by atoms with E-state index in [1.165, 1.54) is 24.2 Å². The number of hydrogen-bond acceptors (Lipinski definition) is 2. The molecule has 0 atom stereocenters. The SMILES string of the molecule is COc1cc(C[NH+]2CC[NH+](C/C=C/c3ccccc3)CC2)cc(Br)c1O. The Morgan fingerprint density at radius 3 is 2.46 bits per heavy atom. The van der Waals surface area contributed by atoms with Crippen molar-refractivity contribution in [3.63, 3.8) is 0 Å². The lowest BCUT2D eigenvalue weighted by Crippen LogP contribution is -3.27. The predicted octanol–water partition coefficient (Wildman–Crippen LogP) is 1.16. The van der Waals surface area contributed by atoms with E-state index in [1.54, 1.807) is 16.9 Å². The normalized spacial score (nSPS) is 20.4. The number of rotatable bonds is 6. The van der Waals surface area contributed by atoms with Crippen LogP contribution < -0.4 is 14.5 Å². The summed E-state index contributed by atoms with van der Waals surface area (Å²) in [5.74, 6) is 0.704. The first kappa shape index (κ1) is 19.0. The third kappa shape index (κ3) is 5.10. The molecule has 0 amide bonds. The van der Waals surface area contributed by atoms with Gasteiger partial charge >= 0.3 is 0 Å². The van der Waals surface area contributed by atoms with Crippen LogP contribution in [0.25, 0.3) is 6.08 Å². The van der Waals surface area contributed by atoms with Crippen LogP contribution in [-0.2, 0) is 6.54 Å². The summed E-state index contributed by atoms with van der Waals surface area (Å²) in [5, 5.41) is 9.94. The van der Waals surface area contributed by atoms with Gasteiger partial charge in [-0.15, -0.1) is 0 Å². The molecule has 26 heavy (non-hydrogen) atoms. The molecule has 2 aromatic carbocycles. The van der Waals surface area contributed by atoms with Crippen LogP contribution in [0.5, 0.6) is 11.5 Å². The highest BCUT2D eigenvalue weighted by molar-refractivity contribution is 9.10. The quantitative estimate of drug-likeness (QED) is 0.658. The number of hydrogen-bond donors (Lipinski definition) is 3. The van der Waals surface area contributed by atoms with Gasteiger partial charge in [0.25, 0.3) is 0 Å². The number of piperazine rings is 1. The first-order valence-electron chi connectivity index (χ1n) is 9.10. The minimum atomic E-state index is 0.172. The Morgan fingerprint density at radius 2 is 1.77 bits per heavy atom. The molecule has 1 aliphatic heterocycles. The van der Waals surface area contributed by atoms with Crippen molar-refractivity contribution < 1.29 is 19.6 Å². The van der Waals surface area contributed by atoms with E-state index in [1.807, 2.05) is 18.2 Å². The van der Waals surface area contributed by atoms with Crippen LogP contribution in [0.1, 0.15) is 11.1 Å². The summed E-state index contributed by atoms with van der Waals surface area (Å²) in [6, 6.07) is 14.4. The van der Waals surface area contributed by atoms with Crippen LogP contribution in [-0.4, -0.2) is 44.9 Å². The maximum atomic E-state index is 9.94. The van der Waals surface area contributed by atoms with E-state index in [2.05, 4.69) is 52.3 Å². The Kier molecular flexibility index (Phi) is 6.72. The zero-order chi connectivity index (χ0) is 18.4. The van der Waals surface area contributed by atoms with Crippen LogP contribution >= 0.6 is 15.9 Å². The fourth-order valence-corrected chi connectivity index (χ4v) is 3.93. The molecule has 1 aliphatic rings. The molecule has 2 aromatic rings. The van der Waals surface area contributed by atoms with E-state index in [9.17, 15) is 5.11 Å². The number of nitrogens with one attached hydrogen (secondary N) is 2. The lowest BCUT2D eigenvalue weighted by molar-refractivity contribution is -1.02. The van der Waals surface area contributed by atoms with Crippen molar-refractivity contribution in [1.29, 1.82) is 0 Å². The summed E-state index contributed by atoms with van der Waals surface area (Å²) in [5.41, 5.74) is 2.46. The molecule has 0 aliphatic carbocycles. The number of aromatic hydroxyl groups is 1. The topological polar surface area (TPSA) is 38.3 Å². The Hall–Kier alpha value is -1.82. The van der Waals surface area contributed by atoms with Crippen LogP contribution in [0.2, 0.25) is 0 Å². The second-order valence-electron chi connectivity index (χ2n) is 6.82. The second kappa shape index (κ2) is 9.21. The molecule has 0 radical (unpaired) electrons. The van der Waals surface area contributed by atoms with Gasteiger partial charge in [0, 0.05) is 5.56 Å². The van der Waals surface area contributed by atoms with Crippen LogP contribution in [0.15, 0.2) is 53.0 Å². The summed E-state index contributed by atoms with van der Waals surface area (Å²) < 4.78 is 5.95. The van der Waals surface area contributed by atoms with E-state index in [-0.39, 0.29) is 5.75 Å². The van der Waals surface area contributed by atoms with E-state index in [4.69, 9.17) is 4.74 Å². The van der Waals surface area contributed by atoms with Crippen LogP contribution in [0, 0.1) is 0 Å². The molecular formula is C21H27BrN2O2+2. The summed E-state index contributed by atoms with van der Waals surface area (Å²) in [6.07, 6.45) is 4.50. The third-order valence-electron chi connectivity index (χ3n) is 4.94. The molecule has 0 saturated carbocycles. The number of methoxy groups -OCH3 is 1. The lowest BCUT2D eigenvalue weighted by atomic mass is 10.1. The summed E-state index contributed by atoms with van der Waals surface area (Å²) in [7, 11) is 1.59. The number of quaternary nitrogens is 2. The van der Waals surface area contributed by atoms with Gasteiger partial charge in [-0.3, -0.25) is 0 Å². The average Bonchev–Trinajstić information content (AvgIpc) is 2.67. The van der Waals surface area contributed by atoms with E-state index < -0.39 is 0 Å². The van der Waals surface area contributed by atoms with Crippen molar-refractivity contribution in [3.05, 3.63) is 64.1 Å². The van der Waals surface area contributed by atoms with Crippen molar-refractivity contribution in [2.75, 3.05) is 39.8 Å². The average molecular weight is 419 g/mol. The van der Waals surface area contributed by atoms with Gasteiger partial charge in [-0.05, 0) is 39.7 Å². The number of halogens is 1. The molecule has 138 valence electrons. The van der Waals surface area contributed by atoms with E-state index in [0.717, 1.165) is 26.2 Å². The standard InChI is InChI=1S/C21H25BrN2O2/c1-26-20-15-18(14-19(22)21(20)25)16-24-12-10-23(11-13-24)9-5-8-17-6-3-2-4-7-17/h2-8,14-15,25H,9-13,16H2,1H3/p+2/b8-5+. The fraction of sp³-hybridized carbons (Fsp3) is 0.333. The predicted molar refractivity (Wildman–Crippen MR) is 108 cm³/mol. The number of phenolic OH excluding ortho intramolecular Hbond substituents is 1. The zero-order valence-electron chi connectivity index (χ0n) is 15.2. The zero-order valence-corrected chi connectivity index (χ0v) is 16.8. The van der Waals surface area contributed by atoms with E-state index >= 15 is 0 Å². The molecule has 0 unspecified atom stereocenters. The van der Waals surface area contributed by atoms with Gasteiger partial charge in [0.05, 0.1) is 18.1 Å². The maximum Gasteiger partial charge on any atom is 0.172 e. The van der Waals surface area contributed by atoms with E-state index in [0.29, 0.717) is 10.2 Å². The fourth-order valence-electron chi connectivity index (χ4n) is 3.44. The van der Waals surface area contributed by atoms with Crippen molar-refractivity contribution in [2.45, 2.75) is 6.54 Å². The van der Waals surface area contributed by atoms with Crippen molar-refractivity contribution in [1.82, 2.24) is 0 Å². The number of benzene rings is 2. The highest BCUT2D eigenvalue weighted by Gasteiger charge is 2.22. The van der Waals surface area contributed by atoms with Gasteiger partial charge in [0.1, 0.15) is 32.7 Å². The monoisotopic (exact) mass is 418 g/mol. The Labute approximate surface area is 163 Å². The Balaban J connectivity index is 1.48. The molecule has 0 bridgehead atoms. The lowest BCUT2D eigenvalue weighted by Gasteiger charge is -2.29. The maximum absolute atomic E-state index is 9.94. The Bertz CT molecular complexity index is 741. The van der Waals surface area contributed by atoms with Crippen LogP contribution in [0.4, 0.5) is 0 Å². The molecule has 1 saturated heterocycles. The molecular weight excluding hydrogens is 392 g/mol. The van der Waals surface area contributed by atoms with Crippen LogP contribution in [0.3, 0.4) is 0 Å². The first-order chi connectivity index (χ1) is 12.7. The molecule has 3 N–H and O–H groups in total. The minimum Gasteiger partial charge on any atom is -0.503 e. The van der Waals surface area contributed by atoms with Crippen molar-refractivity contribution in [2.24, 2.45) is 0 Å². The van der Waals surface area contributed by atoms with Gasteiger partial charge in [-0.25, -0.2) is 0 Å². The molecule has 1 fully saturated rings. The number of phenols is 1. The van der Waals surface area contributed by atoms with Gasteiger partial charge in [0.2, 0.25) is 0 Å². The van der Waals surface area contributed by atoms with Gasteiger partial charge < -0.3 is 19.6 Å². The minimum absolute atomic E-state index is 0.172. The first-order valence-corrected chi connectivity index (χ1v) is 9.89. The summed E-state index contributed by atoms with van der Waals surface area (Å²) >= 11 is 3.41. The molecule has 4 nitrogen and oxygen atoms in total. The van der Waals surface area contributed by atoms with Crippen molar-refractivity contribution >= 4 is 22.0 Å². The summed E-state index contributed by atoms with van der Waals surface area (Å²) in [6.45, 7) is 6.74. The molecule has 3 rings (SSSR count). The third-order valence-corrected chi connectivity index (χ3v) is 5.55. The Morgan fingerprint density at radius 1 is 1.08 bits per heavy atom.